The number of imide groups is 1. The number of carbonyl (C=O) groups excluding carboxylic acids is 3. The average molecular weight is 461 g/mol. The maximum Gasteiger partial charge on any atom is 0.263 e. The number of halogens is 1. The Kier molecular flexibility index (Phi) is 5.59. The highest BCUT2D eigenvalue weighted by atomic mass is 79.9. The van der Waals surface area contributed by atoms with Crippen LogP contribution in [0.25, 0.3) is 6.08 Å². The standard InChI is InChI=1S/C24H17BrN2O3/c25-18-11-13-19(14-12-18)26(22(28)15-10-17-6-2-1-3-7-17)16-27-23(29)20-8-4-5-9-21(20)24(27)30/h1-15H,16H2/b15-10+. The normalized spacial score (nSPS) is 13.0. The monoisotopic (exact) mass is 460 g/mol. The molecule has 0 saturated heterocycles. The number of carbonyl (C=O) groups is 3. The lowest BCUT2D eigenvalue weighted by Gasteiger charge is -2.26. The van der Waals surface area contributed by atoms with Crippen molar-refractivity contribution >= 4 is 45.4 Å². The topological polar surface area (TPSA) is 57.7 Å². The van der Waals surface area contributed by atoms with Crippen LogP contribution in [0.15, 0.2) is 89.4 Å². The molecule has 0 fully saturated rings. The molecule has 0 aromatic heterocycles. The third-order valence-electron chi connectivity index (χ3n) is 4.78. The summed E-state index contributed by atoms with van der Waals surface area (Å²) in [5.41, 5.74) is 2.16. The van der Waals surface area contributed by atoms with Gasteiger partial charge in [0.15, 0.2) is 0 Å². The molecule has 148 valence electrons. The van der Waals surface area contributed by atoms with Gasteiger partial charge in [-0.2, -0.15) is 0 Å². The van der Waals surface area contributed by atoms with E-state index in [1.165, 1.54) is 11.0 Å². The molecule has 1 aliphatic rings. The lowest BCUT2D eigenvalue weighted by atomic mass is 10.1. The van der Waals surface area contributed by atoms with Crippen LogP contribution in [0, 0.1) is 0 Å². The fraction of sp³-hybridized carbons (Fsp3) is 0.0417. The second-order valence-electron chi connectivity index (χ2n) is 6.71. The van der Waals surface area contributed by atoms with Crippen molar-refractivity contribution in [3.05, 3.63) is 106 Å². The molecule has 0 spiro atoms. The summed E-state index contributed by atoms with van der Waals surface area (Å²) in [5.74, 6) is -1.15. The lowest BCUT2D eigenvalue weighted by Crippen LogP contribution is -2.43. The minimum Gasteiger partial charge on any atom is -0.290 e. The zero-order valence-corrected chi connectivity index (χ0v) is 17.5. The third kappa shape index (κ3) is 3.95. The van der Waals surface area contributed by atoms with E-state index in [0.29, 0.717) is 16.8 Å². The maximum absolute atomic E-state index is 13.1. The summed E-state index contributed by atoms with van der Waals surface area (Å²) >= 11 is 3.38. The van der Waals surface area contributed by atoms with E-state index >= 15 is 0 Å². The smallest absolute Gasteiger partial charge is 0.263 e. The molecule has 3 aromatic rings. The average Bonchev–Trinajstić information content (AvgIpc) is 3.02. The summed E-state index contributed by atoms with van der Waals surface area (Å²) in [6, 6.07) is 23.2. The van der Waals surface area contributed by atoms with Gasteiger partial charge in [0.1, 0.15) is 6.67 Å². The first kappa shape index (κ1) is 19.8. The van der Waals surface area contributed by atoms with E-state index in [1.807, 2.05) is 30.3 Å². The number of benzene rings is 3. The number of anilines is 1. The SMILES string of the molecule is O=C1c2ccccc2C(=O)N1CN(C(=O)/C=C/c1ccccc1)c1ccc(Br)cc1. The summed E-state index contributed by atoms with van der Waals surface area (Å²) < 4.78 is 0.860. The highest BCUT2D eigenvalue weighted by molar-refractivity contribution is 9.10. The van der Waals surface area contributed by atoms with Gasteiger partial charge in [-0.15, -0.1) is 0 Å². The van der Waals surface area contributed by atoms with Gasteiger partial charge < -0.3 is 0 Å². The molecule has 5 nitrogen and oxygen atoms in total. The highest BCUT2D eigenvalue weighted by Gasteiger charge is 2.36. The van der Waals surface area contributed by atoms with E-state index in [9.17, 15) is 14.4 Å². The van der Waals surface area contributed by atoms with Crippen molar-refractivity contribution in [2.45, 2.75) is 0 Å². The van der Waals surface area contributed by atoms with Crippen LogP contribution < -0.4 is 4.90 Å². The second-order valence-corrected chi connectivity index (χ2v) is 7.63. The number of nitrogens with zero attached hydrogens (tertiary/aromatic N) is 2. The molecule has 0 aliphatic carbocycles. The molecule has 1 heterocycles. The molecule has 0 atom stereocenters. The summed E-state index contributed by atoms with van der Waals surface area (Å²) in [6.07, 6.45) is 3.14. The largest absolute Gasteiger partial charge is 0.290 e. The molecular weight excluding hydrogens is 444 g/mol. The molecule has 3 amide bonds. The van der Waals surface area contributed by atoms with Crippen LogP contribution in [0.4, 0.5) is 5.69 Å². The Morgan fingerprint density at radius 1 is 0.833 bits per heavy atom. The molecule has 30 heavy (non-hydrogen) atoms. The first-order chi connectivity index (χ1) is 14.5. The van der Waals surface area contributed by atoms with Gasteiger partial charge in [-0.25, -0.2) is 0 Å². The van der Waals surface area contributed by atoms with Gasteiger partial charge in [0.05, 0.1) is 11.1 Å². The Morgan fingerprint density at radius 2 is 1.40 bits per heavy atom. The molecule has 0 saturated carbocycles. The van der Waals surface area contributed by atoms with E-state index in [2.05, 4.69) is 15.9 Å². The van der Waals surface area contributed by atoms with E-state index < -0.39 is 11.8 Å². The Labute approximate surface area is 182 Å². The van der Waals surface area contributed by atoms with Crippen molar-refractivity contribution in [2.24, 2.45) is 0 Å². The molecule has 3 aromatic carbocycles. The molecule has 0 radical (unpaired) electrons. The molecule has 0 N–H and O–H groups in total. The molecular formula is C24H17BrN2O3. The molecule has 1 aliphatic heterocycles. The highest BCUT2D eigenvalue weighted by Crippen LogP contribution is 2.25. The summed E-state index contributed by atoms with van der Waals surface area (Å²) in [4.78, 5) is 41.1. The van der Waals surface area contributed by atoms with Crippen LogP contribution in [0.2, 0.25) is 0 Å². The van der Waals surface area contributed by atoms with Gasteiger partial charge >= 0.3 is 0 Å². The third-order valence-corrected chi connectivity index (χ3v) is 5.31. The zero-order valence-electron chi connectivity index (χ0n) is 15.9. The van der Waals surface area contributed by atoms with Gasteiger partial charge in [0, 0.05) is 16.2 Å². The van der Waals surface area contributed by atoms with Crippen LogP contribution >= 0.6 is 15.9 Å². The van der Waals surface area contributed by atoms with Gasteiger partial charge in [0.2, 0.25) is 0 Å². The van der Waals surface area contributed by atoms with Crippen molar-refractivity contribution < 1.29 is 14.4 Å². The summed E-state index contributed by atoms with van der Waals surface area (Å²) in [5, 5.41) is 0. The van der Waals surface area contributed by atoms with Gasteiger partial charge in [-0.1, -0.05) is 58.4 Å². The van der Waals surface area contributed by atoms with Gasteiger partial charge in [-0.3, -0.25) is 24.2 Å². The lowest BCUT2D eigenvalue weighted by molar-refractivity contribution is -0.114. The van der Waals surface area contributed by atoms with E-state index in [4.69, 9.17) is 0 Å². The van der Waals surface area contributed by atoms with Crippen molar-refractivity contribution in [1.82, 2.24) is 4.90 Å². The molecule has 0 bridgehead atoms. The van der Waals surface area contributed by atoms with E-state index in [-0.39, 0.29) is 12.6 Å². The van der Waals surface area contributed by atoms with Crippen LogP contribution in [-0.4, -0.2) is 29.3 Å². The summed E-state index contributed by atoms with van der Waals surface area (Å²) in [7, 11) is 0. The zero-order chi connectivity index (χ0) is 21.1. The number of hydrogen-bond acceptors (Lipinski definition) is 3. The van der Waals surface area contributed by atoms with Crippen LogP contribution in [0.3, 0.4) is 0 Å². The van der Waals surface area contributed by atoms with Gasteiger partial charge in [0.25, 0.3) is 17.7 Å². The fourth-order valence-electron chi connectivity index (χ4n) is 3.23. The van der Waals surface area contributed by atoms with E-state index in [0.717, 1.165) is 14.9 Å². The first-order valence-electron chi connectivity index (χ1n) is 9.30. The maximum atomic E-state index is 13.1. The Bertz CT molecular complexity index is 1110. The predicted octanol–water partition coefficient (Wildman–Crippen LogP) is 4.75. The minimum atomic E-state index is -0.405. The molecule has 0 unspecified atom stereocenters. The molecule has 6 heteroatoms. The number of fused-ring (bicyclic) bond motifs is 1. The Balaban J connectivity index is 1.64. The Morgan fingerprint density at radius 3 is 2.00 bits per heavy atom. The molecule has 4 rings (SSSR count). The van der Waals surface area contributed by atoms with Crippen molar-refractivity contribution in [3.8, 4) is 0 Å². The Hall–Kier alpha value is -3.51. The predicted molar refractivity (Wildman–Crippen MR) is 119 cm³/mol. The number of amides is 3. The number of hydrogen-bond donors (Lipinski definition) is 0. The number of rotatable bonds is 5. The van der Waals surface area contributed by atoms with Crippen molar-refractivity contribution in [3.63, 3.8) is 0 Å². The second kappa shape index (κ2) is 8.47. The van der Waals surface area contributed by atoms with Crippen LogP contribution in [0.5, 0.6) is 0 Å². The van der Waals surface area contributed by atoms with Crippen molar-refractivity contribution in [1.29, 1.82) is 0 Å². The quantitative estimate of drug-likeness (QED) is 0.407. The van der Waals surface area contributed by atoms with E-state index in [1.54, 1.807) is 54.6 Å². The van der Waals surface area contributed by atoms with Crippen LogP contribution in [-0.2, 0) is 4.79 Å². The van der Waals surface area contributed by atoms with Crippen LogP contribution in [0.1, 0.15) is 26.3 Å². The van der Waals surface area contributed by atoms with Crippen molar-refractivity contribution in [2.75, 3.05) is 11.6 Å². The fourth-order valence-corrected chi connectivity index (χ4v) is 3.49. The minimum absolute atomic E-state index is 0.175. The first-order valence-corrected chi connectivity index (χ1v) is 10.1. The summed E-state index contributed by atoms with van der Waals surface area (Å²) in [6.45, 7) is -0.175. The van der Waals surface area contributed by atoms with Gasteiger partial charge in [-0.05, 0) is 48.0 Å².